The molecule has 7 heteroatoms. The summed E-state index contributed by atoms with van der Waals surface area (Å²) in [4.78, 5) is 0. The van der Waals surface area contributed by atoms with Gasteiger partial charge in [0.25, 0.3) is 0 Å². The summed E-state index contributed by atoms with van der Waals surface area (Å²) in [5, 5.41) is 27.6. The number of nitrogens with one attached hydrogen (secondary N) is 1. The number of aromatic hydroxyl groups is 1. The molecule has 2 saturated heterocycles. The summed E-state index contributed by atoms with van der Waals surface area (Å²) in [6, 6.07) is 8.73. The van der Waals surface area contributed by atoms with Gasteiger partial charge < -0.3 is 15.2 Å². The van der Waals surface area contributed by atoms with E-state index < -0.39 is 0 Å². The molecule has 0 spiro atoms. The van der Waals surface area contributed by atoms with Crippen molar-refractivity contribution in [3.8, 4) is 33.9 Å². The number of rotatable bonds is 3. The quantitative estimate of drug-likeness (QED) is 0.680. The Morgan fingerprint density at radius 1 is 1.10 bits per heavy atom. The van der Waals surface area contributed by atoms with E-state index in [9.17, 15) is 5.11 Å². The zero-order valence-electron chi connectivity index (χ0n) is 17.5. The van der Waals surface area contributed by atoms with Gasteiger partial charge in [0.2, 0.25) is 0 Å². The van der Waals surface area contributed by atoms with Gasteiger partial charge in [-0.1, -0.05) is 6.07 Å². The molecule has 0 amide bonds. The topological polar surface area (TPSA) is 85.1 Å². The minimum absolute atomic E-state index is 0.164. The van der Waals surface area contributed by atoms with E-state index in [2.05, 4.69) is 26.7 Å². The van der Waals surface area contributed by atoms with Crippen LogP contribution in [-0.2, 0) is 7.05 Å². The lowest BCUT2D eigenvalue weighted by Crippen LogP contribution is -2.38. The molecular weight excluding hydrogens is 390 g/mol. The lowest BCUT2D eigenvalue weighted by Gasteiger charge is -2.32. The van der Waals surface area contributed by atoms with E-state index >= 15 is 0 Å². The molecule has 1 aromatic carbocycles. The van der Waals surface area contributed by atoms with E-state index in [0.29, 0.717) is 35.9 Å². The second kappa shape index (κ2) is 7.20. The summed E-state index contributed by atoms with van der Waals surface area (Å²) in [6.07, 6.45) is 10.7. The minimum Gasteiger partial charge on any atom is -0.507 e. The third kappa shape index (κ3) is 3.29. The molecule has 2 bridgehead atoms. The number of phenols is 1. The fourth-order valence-corrected chi connectivity index (χ4v) is 5.30. The second-order valence-electron chi connectivity index (χ2n) is 8.85. The average Bonchev–Trinajstić information content (AvgIpc) is 3.37. The highest BCUT2D eigenvalue weighted by Gasteiger charge is 2.37. The number of hydrogen-bond donors (Lipinski definition) is 2. The molecule has 3 aliphatic rings. The van der Waals surface area contributed by atoms with Crippen LogP contribution in [-0.4, -0.2) is 43.8 Å². The fraction of sp³-hybridized carbons (Fsp3) is 0.375. The molecular formula is C24H25N5O2. The highest BCUT2D eigenvalue weighted by atomic mass is 16.5. The summed E-state index contributed by atoms with van der Waals surface area (Å²) in [6.45, 7) is 0.554. The largest absolute Gasteiger partial charge is 0.507 e. The van der Waals surface area contributed by atoms with Crippen molar-refractivity contribution in [1.82, 2.24) is 25.3 Å². The molecule has 3 aliphatic heterocycles. The van der Waals surface area contributed by atoms with Crippen LogP contribution >= 0.6 is 0 Å². The van der Waals surface area contributed by atoms with Gasteiger partial charge in [-0.15, -0.1) is 10.2 Å². The number of nitrogens with zero attached hydrogens (tertiary/aromatic N) is 4. The van der Waals surface area contributed by atoms with Crippen LogP contribution < -0.4 is 10.1 Å². The summed E-state index contributed by atoms with van der Waals surface area (Å²) in [5.41, 5.74) is 5.24. The van der Waals surface area contributed by atoms with E-state index in [0.717, 1.165) is 35.4 Å². The third-order valence-electron chi connectivity index (χ3n) is 6.80. The van der Waals surface area contributed by atoms with Crippen molar-refractivity contribution in [3.05, 3.63) is 48.4 Å². The van der Waals surface area contributed by atoms with Crippen LogP contribution in [0.15, 0.2) is 42.7 Å². The molecule has 3 atom stereocenters. The molecule has 0 saturated carbocycles. The smallest absolute Gasteiger partial charge is 0.149 e. The number of hydrogen-bond acceptors (Lipinski definition) is 6. The van der Waals surface area contributed by atoms with Crippen LogP contribution in [0, 0.1) is 5.92 Å². The number of fused-ring (bicyclic) bond motifs is 3. The first-order valence-corrected chi connectivity index (χ1v) is 10.9. The van der Waals surface area contributed by atoms with Crippen molar-refractivity contribution >= 4 is 5.57 Å². The first-order valence-electron chi connectivity index (χ1n) is 10.9. The van der Waals surface area contributed by atoms with Crippen LogP contribution in [0.1, 0.15) is 31.4 Å². The Labute approximate surface area is 180 Å². The second-order valence-corrected chi connectivity index (χ2v) is 8.85. The number of ether oxygens (including phenoxy) is 1. The van der Waals surface area contributed by atoms with Crippen LogP contribution in [0.4, 0.5) is 0 Å². The minimum atomic E-state index is 0.164. The number of aromatic nitrogens is 4. The highest BCUT2D eigenvalue weighted by Crippen LogP contribution is 2.43. The molecule has 2 fully saturated rings. The van der Waals surface area contributed by atoms with Crippen LogP contribution in [0.5, 0.6) is 11.5 Å². The van der Waals surface area contributed by atoms with Gasteiger partial charge >= 0.3 is 0 Å². The molecule has 31 heavy (non-hydrogen) atoms. The highest BCUT2D eigenvalue weighted by molar-refractivity contribution is 5.77. The Morgan fingerprint density at radius 3 is 2.68 bits per heavy atom. The lowest BCUT2D eigenvalue weighted by molar-refractivity contribution is 0.331. The van der Waals surface area contributed by atoms with Crippen LogP contribution in [0.25, 0.3) is 28.0 Å². The van der Waals surface area contributed by atoms with Gasteiger partial charge in [-0.25, -0.2) is 0 Å². The molecule has 2 N–H and O–H groups in total. The maximum Gasteiger partial charge on any atom is 0.149 e. The Bertz CT molecular complexity index is 1170. The van der Waals surface area contributed by atoms with Crippen molar-refractivity contribution in [1.29, 1.82) is 0 Å². The molecule has 7 nitrogen and oxygen atoms in total. The van der Waals surface area contributed by atoms with Gasteiger partial charge in [0.05, 0.1) is 6.20 Å². The van der Waals surface area contributed by atoms with E-state index in [-0.39, 0.29) is 5.75 Å². The number of aryl methyl sites for hydroxylation is 1. The molecule has 0 radical (unpaired) electrons. The van der Waals surface area contributed by atoms with Crippen molar-refractivity contribution < 1.29 is 9.84 Å². The summed E-state index contributed by atoms with van der Waals surface area (Å²) < 4.78 is 7.67. The Kier molecular flexibility index (Phi) is 4.31. The molecule has 5 heterocycles. The SMILES string of the molecule is Cn1cc(-c2ccc(-c3cc4c(nn3)C(C3C[C@H]5CC[C@@H](C3)N5)=CCO4)c(O)c2)cn1. The zero-order chi connectivity index (χ0) is 20.9. The van der Waals surface area contributed by atoms with Crippen molar-refractivity contribution in [2.45, 2.75) is 37.8 Å². The van der Waals surface area contributed by atoms with Crippen molar-refractivity contribution in [3.63, 3.8) is 0 Å². The molecule has 1 unspecified atom stereocenters. The number of allylic oxidation sites excluding steroid dienone is 1. The van der Waals surface area contributed by atoms with Gasteiger partial charge in [0.15, 0.2) is 0 Å². The van der Waals surface area contributed by atoms with E-state index in [4.69, 9.17) is 4.74 Å². The molecule has 3 aromatic rings. The number of piperidine rings is 1. The van der Waals surface area contributed by atoms with Crippen LogP contribution in [0.2, 0.25) is 0 Å². The standard InChI is InChI=1S/C24H25N5O2/c1-29-13-16(12-25-29)14-2-5-20(22(30)10-14)21-11-23-24(28-27-21)19(6-7-31-23)15-8-17-3-4-18(9-15)26-17/h2,5-6,10-13,15,17-18,26,30H,3-4,7-9H2,1H3/t15?,17-,18+. The Morgan fingerprint density at radius 2 is 1.94 bits per heavy atom. The monoisotopic (exact) mass is 415 g/mol. The van der Waals surface area contributed by atoms with Gasteiger partial charge in [-0.2, -0.15) is 5.10 Å². The summed E-state index contributed by atoms with van der Waals surface area (Å²) in [5.74, 6) is 1.43. The van der Waals surface area contributed by atoms with E-state index in [1.54, 1.807) is 16.9 Å². The molecule has 158 valence electrons. The maximum absolute atomic E-state index is 10.7. The van der Waals surface area contributed by atoms with Crippen molar-refractivity contribution in [2.75, 3.05) is 6.61 Å². The normalized spacial score (nSPS) is 24.4. The molecule has 6 rings (SSSR count). The van der Waals surface area contributed by atoms with Gasteiger partial charge in [-0.3, -0.25) is 4.68 Å². The fourth-order valence-electron chi connectivity index (χ4n) is 5.30. The molecule has 2 aromatic heterocycles. The summed E-state index contributed by atoms with van der Waals surface area (Å²) >= 11 is 0. The zero-order valence-corrected chi connectivity index (χ0v) is 17.5. The Balaban J connectivity index is 1.30. The first-order chi connectivity index (χ1) is 15.1. The number of benzene rings is 1. The van der Waals surface area contributed by atoms with Gasteiger partial charge in [0.1, 0.15) is 29.5 Å². The Hall–Kier alpha value is -3.19. The van der Waals surface area contributed by atoms with E-state index in [1.807, 2.05) is 31.4 Å². The third-order valence-corrected chi connectivity index (χ3v) is 6.80. The summed E-state index contributed by atoms with van der Waals surface area (Å²) in [7, 11) is 1.87. The number of phenolic OH excluding ortho intramolecular Hbond substituents is 1. The maximum atomic E-state index is 10.7. The lowest BCUT2D eigenvalue weighted by atomic mass is 9.83. The van der Waals surface area contributed by atoms with Crippen LogP contribution in [0.3, 0.4) is 0 Å². The molecule has 0 aliphatic carbocycles. The average molecular weight is 415 g/mol. The van der Waals surface area contributed by atoms with E-state index in [1.165, 1.54) is 18.4 Å². The van der Waals surface area contributed by atoms with Gasteiger partial charge in [-0.05, 0) is 60.9 Å². The van der Waals surface area contributed by atoms with Gasteiger partial charge in [0, 0.05) is 42.5 Å². The predicted molar refractivity (Wildman–Crippen MR) is 117 cm³/mol. The first kappa shape index (κ1) is 18.6. The predicted octanol–water partition coefficient (Wildman–Crippen LogP) is 3.56. The van der Waals surface area contributed by atoms with Crippen molar-refractivity contribution in [2.24, 2.45) is 13.0 Å².